The molecule has 0 spiro atoms. The van der Waals surface area contributed by atoms with Crippen molar-refractivity contribution in [2.75, 3.05) is 0 Å². The number of allylic oxidation sites excluding steroid dienone is 2. The van der Waals surface area contributed by atoms with Crippen molar-refractivity contribution in [2.24, 2.45) is 5.92 Å². The molecule has 0 amide bonds. The van der Waals surface area contributed by atoms with Gasteiger partial charge in [-0.05, 0) is 81.9 Å². The maximum atomic E-state index is 4.39. The Bertz CT molecular complexity index is 684. The zero-order chi connectivity index (χ0) is 22.2. The molecule has 0 aromatic heterocycles. The van der Waals surface area contributed by atoms with E-state index in [0.29, 0.717) is 5.92 Å². The van der Waals surface area contributed by atoms with Gasteiger partial charge in [0.05, 0.1) is 0 Å². The van der Waals surface area contributed by atoms with Crippen molar-refractivity contribution in [1.29, 1.82) is 0 Å². The number of benzene rings is 1. The summed E-state index contributed by atoms with van der Waals surface area (Å²) < 4.78 is 0. The van der Waals surface area contributed by atoms with Gasteiger partial charge in [0.2, 0.25) is 0 Å². The van der Waals surface area contributed by atoms with Crippen molar-refractivity contribution in [2.45, 2.75) is 112 Å². The number of hydrogen-bond acceptors (Lipinski definition) is 1. The average molecular weight is 415 g/mol. The average Bonchev–Trinajstić information content (AvgIpc) is 2.70. The van der Waals surface area contributed by atoms with Crippen molar-refractivity contribution in [3.63, 3.8) is 0 Å². The van der Waals surface area contributed by atoms with Gasteiger partial charge >= 0.3 is 0 Å². The molecule has 0 heterocycles. The minimum absolute atomic E-state index is 0.269. The fourth-order valence-electron chi connectivity index (χ4n) is 4.33. The molecule has 0 aliphatic heterocycles. The molecular weight excluding hydrogens is 368 g/mol. The van der Waals surface area contributed by atoms with Crippen LogP contribution in [0.15, 0.2) is 35.1 Å². The Kier molecular flexibility index (Phi) is 10.3. The molecule has 0 unspecified atom stereocenters. The van der Waals surface area contributed by atoms with Crippen molar-refractivity contribution in [3.8, 4) is 0 Å². The van der Waals surface area contributed by atoms with Crippen LogP contribution in [0.2, 0.25) is 0 Å². The Morgan fingerprint density at radius 3 is 2.03 bits per heavy atom. The van der Waals surface area contributed by atoms with E-state index in [1.165, 1.54) is 54.6 Å². The van der Waals surface area contributed by atoms with E-state index in [9.17, 15) is 0 Å². The van der Waals surface area contributed by atoms with Gasteiger partial charge < -0.3 is 0 Å². The van der Waals surface area contributed by atoms with Crippen LogP contribution in [-0.4, -0.2) is 0 Å². The summed E-state index contributed by atoms with van der Waals surface area (Å²) in [4.78, 5) is 1.33. The van der Waals surface area contributed by atoms with Gasteiger partial charge in [-0.1, -0.05) is 93.0 Å². The first kappa shape index (κ1) is 26.1. The van der Waals surface area contributed by atoms with Gasteiger partial charge in [-0.15, -0.1) is 11.8 Å². The maximum Gasteiger partial charge on any atom is -0.0100 e. The quantitative estimate of drug-likeness (QED) is 0.408. The Balaban J connectivity index is 0.00000204. The lowest BCUT2D eigenvalue weighted by Gasteiger charge is -2.42. The van der Waals surface area contributed by atoms with Crippen molar-refractivity contribution < 1.29 is 0 Å². The topological polar surface area (TPSA) is 0 Å². The molecule has 1 aliphatic rings. The summed E-state index contributed by atoms with van der Waals surface area (Å²) in [6, 6.07) is 7.17. The molecule has 1 aliphatic carbocycles. The summed E-state index contributed by atoms with van der Waals surface area (Å²) in [6.45, 7) is 24.8. The highest BCUT2D eigenvalue weighted by molar-refractivity contribution is 8.06. The highest BCUT2D eigenvalue weighted by Crippen LogP contribution is 2.46. The Morgan fingerprint density at radius 1 is 1.00 bits per heavy atom. The molecule has 0 saturated carbocycles. The van der Waals surface area contributed by atoms with Crippen LogP contribution in [0, 0.1) is 5.92 Å². The predicted octanol–water partition coefficient (Wildman–Crippen LogP) is 9.89. The van der Waals surface area contributed by atoms with Crippen molar-refractivity contribution in [3.05, 3.63) is 51.8 Å². The normalized spacial score (nSPS) is 17.4. The van der Waals surface area contributed by atoms with E-state index < -0.39 is 0 Å². The first-order valence-electron chi connectivity index (χ1n) is 11.8. The van der Waals surface area contributed by atoms with Crippen LogP contribution in [0.1, 0.15) is 118 Å². The van der Waals surface area contributed by atoms with Gasteiger partial charge in [0.1, 0.15) is 0 Å². The molecule has 1 heteroatoms. The number of rotatable bonds is 8. The highest BCUT2D eigenvalue weighted by atomic mass is 32.2. The third-order valence-electron chi connectivity index (χ3n) is 6.42. The van der Waals surface area contributed by atoms with E-state index in [1.54, 1.807) is 11.1 Å². The van der Waals surface area contributed by atoms with Crippen LogP contribution < -0.4 is 0 Å². The molecule has 164 valence electrons. The molecule has 1 aromatic carbocycles. The third-order valence-corrected chi connectivity index (χ3v) is 7.53. The Morgan fingerprint density at radius 2 is 1.52 bits per heavy atom. The predicted molar refractivity (Wildman–Crippen MR) is 137 cm³/mol. The molecule has 0 radical (unpaired) electrons. The first-order chi connectivity index (χ1) is 13.6. The molecule has 0 fully saturated rings. The summed E-state index contributed by atoms with van der Waals surface area (Å²) in [5.41, 5.74) is 6.36. The van der Waals surface area contributed by atoms with Crippen molar-refractivity contribution in [1.82, 2.24) is 0 Å². The van der Waals surface area contributed by atoms with Crippen LogP contribution >= 0.6 is 11.8 Å². The minimum Gasteiger partial charge on any atom is -0.103 e. The molecule has 1 aromatic rings. The largest absolute Gasteiger partial charge is 0.103 e. The lowest BCUT2D eigenvalue weighted by molar-refractivity contribution is 0.332. The van der Waals surface area contributed by atoms with Gasteiger partial charge in [0, 0.05) is 0 Å². The van der Waals surface area contributed by atoms with Crippen LogP contribution in [0.25, 0.3) is 5.57 Å². The number of hydrogen-bond donors (Lipinski definition) is 0. The number of fused-ring (bicyclic) bond motifs is 1. The second-order valence-corrected chi connectivity index (χ2v) is 10.7. The van der Waals surface area contributed by atoms with Crippen LogP contribution in [0.4, 0.5) is 0 Å². The van der Waals surface area contributed by atoms with Crippen LogP contribution in [0.5, 0.6) is 0 Å². The second-order valence-electron chi connectivity index (χ2n) is 9.69. The minimum atomic E-state index is 0.269. The molecular formula is C28H46S. The van der Waals surface area contributed by atoms with E-state index in [1.807, 2.05) is 25.6 Å². The molecule has 0 N–H and O–H groups in total. The summed E-state index contributed by atoms with van der Waals surface area (Å²) in [5, 5.41) is 2.32. The summed E-state index contributed by atoms with van der Waals surface area (Å²) in [6.07, 6.45) is 7.53. The van der Waals surface area contributed by atoms with Crippen LogP contribution in [-0.2, 0) is 10.8 Å². The molecule has 0 bridgehead atoms. The highest BCUT2D eigenvalue weighted by Gasteiger charge is 2.36. The molecule has 0 saturated heterocycles. The van der Waals surface area contributed by atoms with Gasteiger partial charge in [-0.2, -0.15) is 0 Å². The van der Waals surface area contributed by atoms with E-state index in [4.69, 9.17) is 0 Å². The zero-order valence-corrected chi connectivity index (χ0v) is 21.6. The molecule has 0 atom stereocenters. The van der Waals surface area contributed by atoms with E-state index in [0.717, 1.165) is 0 Å². The third kappa shape index (κ3) is 6.78. The monoisotopic (exact) mass is 414 g/mol. The lowest BCUT2D eigenvalue weighted by Crippen LogP contribution is -2.33. The van der Waals surface area contributed by atoms with Gasteiger partial charge in [0.15, 0.2) is 0 Å². The van der Waals surface area contributed by atoms with Crippen LogP contribution in [0.3, 0.4) is 0 Å². The summed E-state index contributed by atoms with van der Waals surface area (Å²) in [7, 11) is 0. The van der Waals surface area contributed by atoms with E-state index in [-0.39, 0.29) is 10.8 Å². The van der Waals surface area contributed by atoms with Crippen molar-refractivity contribution >= 4 is 17.3 Å². The van der Waals surface area contributed by atoms with E-state index in [2.05, 4.69) is 78.7 Å². The Labute approximate surface area is 186 Å². The summed E-state index contributed by atoms with van der Waals surface area (Å²) in [5.74, 6) is 0.650. The fraction of sp³-hybridized carbons (Fsp3) is 0.643. The van der Waals surface area contributed by atoms with Gasteiger partial charge in [-0.3, -0.25) is 0 Å². The van der Waals surface area contributed by atoms with Gasteiger partial charge in [-0.25, -0.2) is 0 Å². The SMILES string of the molecule is C=C(S/C=C(\C)c1ccc2c(c1)C(C)(C)CCC2(C)C)C(CCC)CCC.CC. The van der Waals surface area contributed by atoms with Gasteiger partial charge in [0.25, 0.3) is 0 Å². The zero-order valence-electron chi connectivity index (χ0n) is 20.7. The first-order valence-corrected chi connectivity index (χ1v) is 12.7. The fourth-order valence-corrected chi connectivity index (χ4v) is 5.22. The number of thioether (sulfide) groups is 1. The smallest absolute Gasteiger partial charge is 0.0100 e. The Hall–Kier alpha value is -0.950. The molecule has 29 heavy (non-hydrogen) atoms. The molecule has 0 nitrogen and oxygen atoms in total. The lowest BCUT2D eigenvalue weighted by atomic mass is 9.63. The summed E-state index contributed by atoms with van der Waals surface area (Å²) >= 11 is 1.85. The van der Waals surface area contributed by atoms with E-state index >= 15 is 0 Å². The second kappa shape index (κ2) is 11.4. The standard InChI is InChI=1S/C26H40S.C2H6/c1-9-11-21(12-10-2)20(4)27-18-19(3)22-13-14-23-24(17-22)26(7,8)16-15-25(23,5)6;1-2/h13-14,17-18,21H,4,9-12,15-16H2,1-3,5-8H3;1-2H3/b19-18+;. The maximum absolute atomic E-state index is 4.39. The molecule has 2 rings (SSSR count).